The van der Waals surface area contributed by atoms with E-state index in [4.69, 9.17) is 16.3 Å². The number of nitrogens with one attached hydrogen (secondary N) is 1. The Labute approximate surface area is 106 Å². The Balaban J connectivity index is 2.19. The van der Waals surface area contributed by atoms with Gasteiger partial charge in [0.25, 0.3) is 0 Å². The number of hydrogen-bond donors (Lipinski definition) is 1. The van der Waals surface area contributed by atoms with Crippen molar-refractivity contribution in [3.63, 3.8) is 0 Å². The highest BCUT2D eigenvalue weighted by Crippen LogP contribution is 2.27. The minimum Gasteiger partial charge on any atom is -0.496 e. The zero-order chi connectivity index (χ0) is 12.3. The molecule has 1 heterocycles. The molecule has 17 heavy (non-hydrogen) atoms. The molecule has 4 nitrogen and oxygen atoms in total. The number of halogens is 1. The van der Waals surface area contributed by atoms with Crippen molar-refractivity contribution in [3.05, 3.63) is 28.8 Å². The number of rotatable bonds is 3. The molecule has 2 amide bonds. The van der Waals surface area contributed by atoms with E-state index in [-0.39, 0.29) is 6.03 Å². The van der Waals surface area contributed by atoms with Crippen LogP contribution in [0.5, 0.6) is 5.75 Å². The molecule has 1 fully saturated rings. The molecule has 1 aromatic carbocycles. The predicted octanol–water partition coefficient (Wildman–Crippen LogP) is 2.26. The Morgan fingerprint density at radius 3 is 3.06 bits per heavy atom. The molecule has 0 aromatic heterocycles. The van der Waals surface area contributed by atoms with Crippen molar-refractivity contribution < 1.29 is 9.53 Å². The fraction of sp³-hybridized carbons (Fsp3) is 0.417. The lowest BCUT2D eigenvalue weighted by molar-refractivity contribution is 0.182. The molecule has 1 aliphatic heterocycles. The Bertz CT molecular complexity index is 423. The highest BCUT2D eigenvalue weighted by molar-refractivity contribution is 6.31. The smallest absolute Gasteiger partial charge is 0.317 e. The van der Waals surface area contributed by atoms with Crippen molar-refractivity contribution >= 4 is 17.6 Å². The van der Waals surface area contributed by atoms with E-state index in [0.717, 1.165) is 30.8 Å². The first-order valence-electron chi connectivity index (χ1n) is 5.56. The fourth-order valence-corrected chi connectivity index (χ4v) is 2.13. The molecule has 5 heteroatoms. The van der Waals surface area contributed by atoms with Crippen molar-refractivity contribution in [3.8, 4) is 5.75 Å². The maximum atomic E-state index is 11.6. The van der Waals surface area contributed by atoms with Crippen LogP contribution < -0.4 is 10.1 Å². The first-order valence-corrected chi connectivity index (χ1v) is 5.94. The largest absolute Gasteiger partial charge is 0.496 e. The number of hydrogen-bond acceptors (Lipinski definition) is 2. The second-order valence-corrected chi connectivity index (χ2v) is 4.33. The van der Waals surface area contributed by atoms with E-state index in [0.29, 0.717) is 11.6 Å². The van der Waals surface area contributed by atoms with E-state index in [1.165, 1.54) is 0 Å². The van der Waals surface area contributed by atoms with Crippen molar-refractivity contribution in [1.82, 2.24) is 10.2 Å². The monoisotopic (exact) mass is 254 g/mol. The lowest BCUT2D eigenvalue weighted by Crippen LogP contribution is -2.45. The molecule has 1 saturated heterocycles. The van der Waals surface area contributed by atoms with Crippen molar-refractivity contribution in [2.24, 2.45) is 0 Å². The van der Waals surface area contributed by atoms with Gasteiger partial charge in [-0.1, -0.05) is 17.7 Å². The Kier molecular flexibility index (Phi) is 3.74. The molecule has 0 bridgehead atoms. The number of urea groups is 1. The molecule has 0 spiro atoms. The van der Waals surface area contributed by atoms with Gasteiger partial charge in [0.05, 0.1) is 13.7 Å². The number of amides is 2. The SMILES string of the molecule is COc1cccc(Cl)c1CN1CCCNC1=O. The molecule has 1 aliphatic rings. The summed E-state index contributed by atoms with van der Waals surface area (Å²) < 4.78 is 5.26. The molecular formula is C12H15ClN2O2. The van der Waals surface area contributed by atoms with Crippen LogP contribution in [0.15, 0.2) is 18.2 Å². The first-order chi connectivity index (χ1) is 8.22. The summed E-state index contributed by atoms with van der Waals surface area (Å²) in [7, 11) is 1.60. The third kappa shape index (κ3) is 2.64. The van der Waals surface area contributed by atoms with E-state index in [1.807, 2.05) is 12.1 Å². The van der Waals surface area contributed by atoms with E-state index in [9.17, 15) is 4.79 Å². The van der Waals surface area contributed by atoms with Crippen molar-refractivity contribution in [1.29, 1.82) is 0 Å². The van der Waals surface area contributed by atoms with Gasteiger partial charge in [0.15, 0.2) is 0 Å². The molecule has 0 saturated carbocycles. The standard InChI is InChI=1S/C12H15ClN2O2/c1-17-11-5-2-4-10(13)9(11)8-15-7-3-6-14-12(15)16/h2,4-5H,3,6-8H2,1H3,(H,14,16). The molecule has 0 atom stereocenters. The molecule has 0 aliphatic carbocycles. The van der Waals surface area contributed by atoms with Crippen LogP contribution in [-0.2, 0) is 6.54 Å². The van der Waals surface area contributed by atoms with Crippen LogP contribution in [-0.4, -0.2) is 31.1 Å². The lowest BCUT2D eigenvalue weighted by Gasteiger charge is -2.28. The number of methoxy groups -OCH3 is 1. The minimum absolute atomic E-state index is 0.0433. The topological polar surface area (TPSA) is 41.6 Å². The lowest BCUT2D eigenvalue weighted by atomic mass is 10.1. The van der Waals surface area contributed by atoms with E-state index in [2.05, 4.69) is 5.32 Å². The van der Waals surface area contributed by atoms with Crippen LogP contribution in [0.25, 0.3) is 0 Å². The van der Waals surface area contributed by atoms with E-state index < -0.39 is 0 Å². The van der Waals surface area contributed by atoms with Gasteiger partial charge in [-0.2, -0.15) is 0 Å². The summed E-state index contributed by atoms with van der Waals surface area (Å²) >= 11 is 6.14. The van der Waals surface area contributed by atoms with Crippen molar-refractivity contribution in [2.75, 3.05) is 20.2 Å². The Morgan fingerprint density at radius 1 is 1.53 bits per heavy atom. The summed E-state index contributed by atoms with van der Waals surface area (Å²) in [5, 5.41) is 3.44. The third-order valence-electron chi connectivity index (χ3n) is 2.81. The zero-order valence-electron chi connectivity index (χ0n) is 9.70. The van der Waals surface area contributed by atoms with E-state index >= 15 is 0 Å². The summed E-state index contributed by atoms with van der Waals surface area (Å²) in [5.41, 5.74) is 0.855. The minimum atomic E-state index is -0.0433. The van der Waals surface area contributed by atoms with Crippen LogP contribution in [0.3, 0.4) is 0 Å². The summed E-state index contributed by atoms with van der Waals surface area (Å²) in [6.07, 6.45) is 0.957. The van der Waals surface area contributed by atoms with Crippen LogP contribution in [0, 0.1) is 0 Å². The second kappa shape index (κ2) is 5.27. The average molecular weight is 255 g/mol. The number of ether oxygens (including phenoxy) is 1. The summed E-state index contributed by atoms with van der Waals surface area (Å²) in [4.78, 5) is 13.4. The van der Waals surface area contributed by atoms with Gasteiger partial charge in [0.1, 0.15) is 5.75 Å². The molecular weight excluding hydrogens is 240 g/mol. The zero-order valence-corrected chi connectivity index (χ0v) is 10.5. The predicted molar refractivity (Wildman–Crippen MR) is 66.4 cm³/mol. The van der Waals surface area contributed by atoms with Gasteiger partial charge in [0.2, 0.25) is 0 Å². The molecule has 1 aromatic rings. The number of carbonyl (C=O) groups excluding carboxylic acids is 1. The van der Waals surface area contributed by atoms with Crippen LogP contribution in [0.2, 0.25) is 5.02 Å². The second-order valence-electron chi connectivity index (χ2n) is 3.93. The number of nitrogens with zero attached hydrogens (tertiary/aromatic N) is 1. The fourth-order valence-electron chi connectivity index (χ4n) is 1.90. The maximum Gasteiger partial charge on any atom is 0.317 e. The van der Waals surface area contributed by atoms with Gasteiger partial charge in [0, 0.05) is 23.7 Å². The normalized spacial score (nSPS) is 15.6. The molecule has 0 radical (unpaired) electrons. The third-order valence-corrected chi connectivity index (χ3v) is 3.17. The first kappa shape index (κ1) is 12.0. The highest BCUT2D eigenvalue weighted by atomic mass is 35.5. The number of benzene rings is 1. The van der Waals surface area contributed by atoms with Crippen molar-refractivity contribution in [2.45, 2.75) is 13.0 Å². The van der Waals surface area contributed by atoms with Crippen LogP contribution >= 0.6 is 11.6 Å². The summed E-state index contributed by atoms with van der Waals surface area (Å²) in [6.45, 7) is 1.98. The molecule has 0 unspecified atom stereocenters. The summed E-state index contributed by atoms with van der Waals surface area (Å²) in [6, 6.07) is 5.45. The van der Waals surface area contributed by atoms with Gasteiger partial charge in [-0.3, -0.25) is 0 Å². The molecule has 1 N–H and O–H groups in total. The highest BCUT2D eigenvalue weighted by Gasteiger charge is 2.20. The average Bonchev–Trinajstić information content (AvgIpc) is 2.34. The summed E-state index contributed by atoms with van der Waals surface area (Å²) in [5.74, 6) is 0.718. The molecule has 2 rings (SSSR count). The van der Waals surface area contributed by atoms with Gasteiger partial charge in [-0.15, -0.1) is 0 Å². The number of carbonyl (C=O) groups is 1. The van der Waals surface area contributed by atoms with Crippen LogP contribution in [0.1, 0.15) is 12.0 Å². The molecule has 92 valence electrons. The Morgan fingerprint density at radius 2 is 2.35 bits per heavy atom. The van der Waals surface area contributed by atoms with Gasteiger partial charge >= 0.3 is 6.03 Å². The maximum absolute atomic E-state index is 11.6. The quantitative estimate of drug-likeness (QED) is 0.899. The van der Waals surface area contributed by atoms with Gasteiger partial charge < -0.3 is 15.0 Å². The van der Waals surface area contributed by atoms with Gasteiger partial charge in [-0.25, -0.2) is 4.79 Å². The van der Waals surface area contributed by atoms with E-state index in [1.54, 1.807) is 18.1 Å². The van der Waals surface area contributed by atoms with Crippen LogP contribution in [0.4, 0.5) is 4.79 Å². The Hall–Kier alpha value is -1.42. The van der Waals surface area contributed by atoms with Gasteiger partial charge in [-0.05, 0) is 18.6 Å².